The van der Waals surface area contributed by atoms with Gasteiger partial charge in [-0.15, -0.1) is 0 Å². The van der Waals surface area contributed by atoms with Crippen LogP contribution in [0, 0.1) is 0 Å². The summed E-state index contributed by atoms with van der Waals surface area (Å²) in [6.07, 6.45) is 0. The molecule has 0 aromatic heterocycles. The van der Waals surface area contributed by atoms with Crippen LogP contribution < -0.4 is 9.47 Å². The SMILES string of the molecule is COc1cc(CN2CCN(C)C(C)C2)cc(OC)c1O. The van der Waals surface area contributed by atoms with Gasteiger partial charge in [0.1, 0.15) is 0 Å². The maximum atomic E-state index is 9.93. The van der Waals surface area contributed by atoms with Crippen LogP contribution >= 0.6 is 0 Å². The average Bonchev–Trinajstić information content (AvgIpc) is 2.44. The molecule has 1 saturated heterocycles. The lowest BCUT2D eigenvalue weighted by Crippen LogP contribution is -2.49. The van der Waals surface area contributed by atoms with Crippen molar-refractivity contribution >= 4 is 0 Å². The first-order chi connectivity index (χ1) is 9.55. The molecule has 1 aromatic rings. The number of rotatable bonds is 4. The molecular formula is C15H24N2O3. The van der Waals surface area contributed by atoms with Gasteiger partial charge >= 0.3 is 0 Å². The molecule has 1 N–H and O–H groups in total. The number of methoxy groups -OCH3 is 2. The van der Waals surface area contributed by atoms with E-state index in [9.17, 15) is 5.11 Å². The molecule has 1 unspecified atom stereocenters. The summed E-state index contributed by atoms with van der Waals surface area (Å²) in [6, 6.07) is 4.31. The summed E-state index contributed by atoms with van der Waals surface area (Å²) in [5.74, 6) is 0.980. The second-order valence-corrected chi connectivity index (χ2v) is 5.41. The van der Waals surface area contributed by atoms with Gasteiger partial charge < -0.3 is 19.5 Å². The number of phenolic OH excluding ortho intramolecular Hbond substituents is 1. The summed E-state index contributed by atoms with van der Waals surface area (Å²) >= 11 is 0. The average molecular weight is 280 g/mol. The minimum absolute atomic E-state index is 0.0606. The zero-order chi connectivity index (χ0) is 14.7. The summed E-state index contributed by atoms with van der Waals surface area (Å²) in [4.78, 5) is 4.78. The fourth-order valence-electron chi connectivity index (χ4n) is 2.56. The highest BCUT2D eigenvalue weighted by molar-refractivity contribution is 5.52. The molecule has 1 aliphatic rings. The third-order valence-electron chi connectivity index (χ3n) is 3.99. The van der Waals surface area contributed by atoms with Crippen LogP contribution in [0.3, 0.4) is 0 Å². The van der Waals surface area contributed by atoms with Crippen LogP contribution in [-0.4, -0.2) is 61.8 Å². The van der Waals surface area contributed by atoms with Gasteiger partial charge in [0, 0.05) is 32.2 Å². The number of nitrogens with zero attached hydrogens (tertiary/aromatic N) is 2. The van der Waals surface area contributed by atoms with Crippen molar-refractivity contribution in [2.75, 3.05) is 40.9 Å². The van der Waals surface area contributed by atoms with Crippen LogP contribution in [0.5, 0.6) is 17.2 Å². The van der Waals surface area contributed by atoms with E-state index in [1.165, 1.54) is 0 Å². The lowest BCUT2D eigenvalue weighted by Gasteiger charge is -2.37. The summed E-state index contributed by atoms with van der Waals surface area (Å²) in [7, 11) is 5.26. The van der Waals surface area contributed by atoms with Gasteiger partial charge in [0.15, 0.2) is 11.5 Å². The lowest BCUT2D eigenvalue weighted by atomic mass is 10.1. The van der Waals surface area contributed by atoms with Crippen LogP contribution in [0.15, 0.2) is 12.1 Å². The van der Waals surface area contributed by atoms with Crippen molar-refractivity contribution in [3.63, 3.8) is 0 Å². The largest absolute Gasteiger partial charge is 0.502 e. The molecule has 1 heterocycles. The first-order valence-electron chi connectivity index (χ1n) is 6.91. The van der Waals surface area contributed by atoms with E-state index in [-0.39, 0.29) is 5.75 Å². The van der Waals surface area contributed by atoms with Crippen molar-refractivity contribution in [1.82, 2.24) is 9.80 Å². The Morgan fingerprint density at radius 3 is 2.30 bits per heavy atom. The fourth-order valence-corrected chi connectivity index (χ4v) is 2.56. The molecule has 0 bridgehead atoms. The van der Waals surface area contributed by atoms with Crippen LogP contribution in [0.25, 0.3) is 0 Å². The number of piperazine rings is 1. The van der Waals surface area contributed by atoms with Crippen molar-refractivity contribution in [2.24, 2.45) is 0 Å². The van der Waals surface area contributed by atoms with Crippen LogP contribution in [-0.2, 0) is 6.54 Å². The van der Waals surface area contributed by atoms with Gasteiger partial charge in [0.25, 0.3) is 0 Å². The summed E-state index contributed by atoms with van der Waals surface area (Å²) in [6.45, 7) is 6.25. The summed E-state index contributed by atoms with van der Waals surface area (Å²) in [5.41, 5.74) is 1.09. The van der Waals surface area contributed by atoms with Crippen molar-refractivity contribution in [3.05, 3.63) is 17.7 Å². The van der Waals surface area contributed by atoms with E-state index in [0.29, 0.717) is 17.5 Å². The monoisotopic (exact) mass is 280 g/mol. The van der Waals surface area contributed by atoms with Gasteiger partial charge in [-0.2, -0.15) is 0 Å². The predicted molar refractivity (Wildman–Crippen MR) is 78.6 cm³/mol. The Morgan fingerprint density at radius 1 is 1.20 bits per heavy atom. The van der Waals surface area contributed by atoms with Crippen molar-refractivity contribution in [1.29, 1.82) is 0 Å². The Balaban J connectivity index is 2.13. The number of likely N-dealkylation sites (N-methyl/N-ethyl adjacent to an activating group) is 1. The standard InChI is InChI=1S/C15H24N2O3/c1-11-9-17(6-5-16(11)2)10-12-7-13(19-3)15(18)14(8-12)20-4/h7-8,11,18H,5-6,9-10H2,1-4H3. The summed E-state index contributed by atoms with van der Waals surface area (Å²) in [5, 5.41) is 9.93. The Bertz CT molecular complexity index is 439. The van der Waals surface area contributed by atoms with E-state index >= 15 is 0 Å². The molecule has 1 atom stereocenters. The molecule has 1 aliphatic heterocycles. The van der Waals surface area contributed by atoms with Gasteiger partial charge in [0.2, 0.25) is 5.75 Å². The van der Waals surface area contributed by atoms with E-state index in [4.69, 9.17) is 9.47 Å². The Morgan fingerprint density at radius 2 is 1.80 bits per heavy atom. The Hall–Kier alpha value is -1.46. The quantitative estimate of drug-likeness (QED) is 0.906. The Labute approximate surface area is 120 Å². The highest BCUT2D eigenvalue weighted by atomic mass is 16.5. The maximum Gasteiger partial charge on any atom is 0.200 e. The Kier molecular flexibility index (Phi) is 4.73. The number of benzene rings is 1. The second kappa shape index (κ2) is 6.33. The first kappa shape index (κ1) is 14.9. The van der Waals surface area contributed by atoms with Gasteiger partial charge in [0.05, 0.1) is 14.2 Å². The van der Waals surface area contributed by atoms with Crippen molar-refractivity contribution < 1.29 is 14.6 Å². The highest BCUT2D eigenvalue weighted by Gasteiger charge is 2.21. The minimum atomic E-state index is 0.0606. The third kappa shape index (κ3) is 3.16. The molecule has 0 spiro atoms. The number of hydrogen-bond acceptors (Lipinski definition) is 5. The zero-order valence-electron chi connectivity index (χ0n) is 12.7. The molecule has 0 radical (unpaired) electrons. The maximum absolute atomic E-state index is 9.93. The summed E-state index contributed by atoms with van der Waals surface area (Å²) < 4.78 is 10.4. The van der Waals surface area contributed by atoms with Gasteiger partial charge in [-0.1, -0.05) is 0 Å². The lowest BCUT2D eigenvalue weighted by molar-refractivity contribution is 0.0998. The fraction of sp³-hybridized carbons (Fsp3) is 0.600. The number of ether oxygens (including phenoxy) is 2. The van der Waals surface area contributed by atoms with Crippen LogP contribution in [0.4, 0.5) is 0 Å². The topological polar surface area (TPSA) is 45.2 Å². The normalized spacial score (nSPS) is 20.9. The van der Waals surface area contributed by atoms with Crippen molar-refractivity contribution in [3.8, 4) is 17.2 Å². The van der Waals surface area contributed by atoms with Gasteiger partial charge in [-0.25, -0.2) is 0 Å². The first-order valence-corrected chi connectivity index (χ1v) is 6.91. The van der Waals surface area contributed by atoms with E-state index in [1.54, 1.807) is 14.2 Å². The van der Waals surface area contributed by atoms with E-state index in [2.05, 4.69) is 23.8 Å². The number of phenols is 1. The molecule has 0 amide bonds. The second-order valence-electron chi connectivity index (χ2n) is 5.41. The molecular weight excluding hydrogens is 256 g/mol. The minimum Gasteiger partial charge on any atom is -0.502 e. The van der Waals surface area contributed by atoms with Crippen molar-refractivity contribution in [2.45, 2.75) is 19.5 Å². The van der Waals surface area contributed by atoms with Crippen LogP contribution in [0.2, 0.25) is 0 Å². The molecule has 0 aliphatic carbocycles. The zero-order valence-corrected chi connectivity index (χ0v) is 12.7. The van der Waals surface area contributed by atoms with E-state index < -0.39 is 0 Å². The number of hydrogen-bond donors (Lipinski definition) is 1. The van der Waals surface area contributed by atoms with Crippen LogP contribution in [0.1, 0.15) is 12.5 Å². The molecule has 5 nitrogen and oxygen atoms in total. The third-order valence-corrected chi connectivity index (χ3v) is 3.99. The predicted octanol–water partition coefficient (Wildman–Crippen LogP) is 1.55. The van der Waals surface area contributed by atoms with Gasteiger partial charge in [-0.05, 0) is 31.7 Å². The molecule has 2 rings (SSSR count). The highest BCUT2D eigenvalue weighted by Crippen LogP contribution is 2.37. The molecule has 20 heavy (non-hydrogen) atoms. The molecule has 0 saturated carbocycles. The smallest absolute Gasteiger partial charge is 0.200 e. The molecule has 5 heteroatoms. The molecule has 112 valence electrons. The molecule has 1 fully saturated rings. The molecule has 1 aromatic carbocycles. The van der Waals surface area contributed by atoms with Gasteiger partial charge in [-0.3, -0.25) is 4.90 Å². The van der Waals surface area contributed by atoms with E-state index in [1.807, 2.05) is 12.1 Å². The number of aromatic hydroxyl groups is 1. The van der Waals surface area contributed by atoms with E-state index in [0.717, 1.165) is 31.7 Å².